The maximum absolute atomic E-state index is 8.91. The number of benzene rings is 1. The first-order valence-corrected chi connectivity index (χ1v) is 5.52. The van der Waals surface area contributed by atoms with Gasteiger partial charge in [0.05, 0.1) is 13.8 Å². The summed E-state index contributed by atoms with van der Waals surface area (Å²) in [6.07, 6.45) is 0.947. The van der Waals surface area contributed by atoms with E-state index in [9.17, 15) is 0 Å². The molecule has 1 aromatic carbocycles. The fourth-order valence-electron chi connectivity index (χ4n) is 1.90. The number of methoxy groups -OCH3 is 1. The number of ether oxygens (including phenoxy) is 1. The molecule has 1 aromatic rings. The molecule has 0 aliphatic carbocycles. The Kier molecular flexibility index (Phi) is 4.77. The van der Waals surface area contributed by atoms with Gasteiger partial charge in [-0.25, -0.2) is 0 Å². The van der Waals surface area contributed by atoms with Gasteiger partial charge < -0.3 is 9.84 Å². The van der Waals surface area contributed by atoms with Crippen LogP contribution in [0, 0.1) is 13.8 Å². The molecule has 0 spiro atoms. The summed E-state index contributed by atoms with van der Waals surface area (Å²) < 4.78 is 5.33. The normalized spacial score (nSPS) is 10.9. The van der Waals surface area contributed by atoms with Crippen molar-refractivity contribution in [1.82, 2.24) is 4.90 Å². The van der Waals surface area contributed by atoms with Gasteiger partial charge in [0.1, 0.15) is 5.75 Å². The third-order valence-corrected chi connectivity index (χ3v) is 2.75. The van der Waals surface area contributed by atoms with Gasteiger partial charge in [0, 0.05) is 6.54 Å². The number of rotatable bonds is 5. The number of nitrogens with zero attached hydrogens (tertiary/aromatic N) is 1. The van der Waals surface area contributed by atoms with E-state index in [1.165, 1.54) is 16.7 Å². The molecule has 90 valence electrons. The lowest BCUT2D eigenvalue weighted by atomic mass is 10.0. The molecule has 0 aromatic heterocycles. The molecule has 0 saturated heterocycles. The molecule has 0 bridgehead atoms. The first-order valence-electron chi connectivity index (χ1n) is 5.52. The highest BCUT2D eigenvalue weighted by Gasteiger charge is 2.05. The largest absolute Gasteiger partial charge is 0.496 e. The summed E-state index contributed by atoms with van der Waals surface area (Å²) in [4.78, 5) is 1.88. The zero-order valence-electron chi connectivity index (χ0n) is 10.6. The summed E-state index contributed by atoms with van der Waals surface area (Å²) in [5, 5.41) is 8.91. The topological polar surface area (TPSA) is 32.7 Å². The van der Waals surface area contributed by atoms with Crippen LogP contribution in [0.25, 0.3) is 0 Å². The maximum atomic E-state index is 8.91. The average Bonchev–Trinajstić information content (AvgIpc) is 2.25. The molecule has 3 nitrogen and oxygen atoms in total. The van der Waals surface area contributed by atoms with Crippen LogP contribution in [-0.2, 0) is 6.42 Å². The van der Waals surface area contributed by atoms with E-state index in [0.29, 0.717) is 0 Å². The monoisotopic (exact) mass is 223 g/mol. The van der Waals surface area contributed by atoms with Crippen molar-refractivity contribution >= 4 is 0 Å². The zero-order chi connectivity index (χ0) is 12.1. The second-order valence-electron chi connectivity index (χ2n) is 4.23. The number of likely N-dealkylation sites (N-methyl/N-ethyl adjacent to an activating group) is 1. The minimum Gasteiger partial charge on any atom is -0.496 e. The second kappa shape index (κ2) is 5.87. The van der Waals surface area contributed by atoms with Crippen LogP contribution in [-0.4, -0.2) is 37.4 Å². The number of aryl methyl sites for hydroxylation is 2. The molecular formula is C13H21NO2. The van der Waals surface area contributed by atoms with Gasteiger partial charge in [-0.15, -0.1) is 0 Å². The van der Waals surface area contributed by atoms with E-state index < -0.39 is 0 Å². The minimum absolute atomic E-state index is 0.105. The van der Waals surface area contributed by atoms with Crippen LogP contribution in [0.3, 0.4) is 0 Å². The fourth-order valence-corrected chi connectivity index (χ4v) is 1.90. The lowest BCUT2D eigenvalue weighted by Gasteiger charge is -2.15. The SMILES string of the molecule is COc1c(C)cc(CCN(C)CO)cc1C. The van der Waals surface area contributed by atoms with Gasteiger partial charge in [-0.3, -0.25) is 4.90 Å². The molecule has 0 aliphatic heterocycles. The van der Waals surface area contributed by atoms with Crippen LogP contribution in [0.5, 0.6) is 5.75 Å². The lowest BCUT2D eigenvalue weighted by molar-refractivity contribution is 0.134. The standard InChI is InChI=1S/C13H21NO2/c1-10-7-12(5-6-14(3)9-15)8-11(2)13(10)16-4/h7-8,15H,5-6,9H2,1-4H3. The van der Waals surface area contributed by atoms with Crippen molar-refractivity contribution in [2.75, 3.05) is 27.4 Å². The molecule has 16 heavy (non-hydrogen) atoms. The van der Waals surface area contributed by atoms with E-state index in [1.54, 1.807) is 7.11 Å². The van der Waals surface area contributed by atoms with Crippen molar-refractivity contribution in [3.63, 3.8) is 0 Å². The molecule has 1 rings (SSSR count). The van der Waals surface area contributed by atoms with Crippen molar-refractivity contribution in [3.8, 4) is 5.75 Å². The molecule has 3 heteroatoms. The second-order valence-corrected chi connectivity index (χ2v) is 4.23. The molecule has 0 saturated carbocycles. The van der Waals surface area contributed by atoms with Crippen LogP contribution in [0.1, 0.15) is 16.7 Å². The van der Waals surface area contributed by atoms with Gasteiger partial charge in [-0.05, 0) is 44.0 Å². The Labute approximate surface area is 97.7 Å². The first-order chi connectivity index (χ1) is 7.58. The lowest BCUT2D eigenvalue weighted by Crippen LogP contribution is -2.22. The summed E-state index contributed by atoms with van der Waals surface area (Å²) in [5.41, 5.74) is 3.63. The van der Waals surface area contributed by atoms with Crippen LogP contribution < -0.4 is 4.74 Å². The van der Waals surface area contributed by atoms with Gasteiger partial charge in [-0.2, -0.15) is 0 Å². The molecule has 0 fully saturated rings. The highest BCUT2D eigenvalue weighted by atomic mass is 16.5. The van der Waals surface area contributed by atoms with Gasteiger partial charge >= 0.3 is 0 Å². The van der Waals surface area contributed by atoms with Crippen molar-refractivity contribution < 1.29 is 9.84 Å². The maximum Gasteiger partial charge on any atom is 0.124 e. The summed E-state index contributed by atoms with van der Waals surface area (Å²) in [6.45, 7) is 5.09. The van der Waals surface area contributed by atoms with Gasteiger partial charge in [0.15, 0.2) is 0 Å². The molecule has 1 N–H and O–H groups in total. The van der Waals surface area contributed by atoms with Crippen molar-refractivity contribution in [2.24, 2.45) is 0 Å². The van der Waals surface area contributed by atoms with Crippen molar-refractivity contribution in [1.29, 1.82) is 0 Å². The summed E-state index contributed by atoms with van der Waals surface area (Å²) in [7, 11) is 3.61. The van der Waals surface area contributed by atoms with E-state index >= 15 is 0 Å². The van der Waals surface area contributed by atoms with E-state index in [-0.39, 0.29) is 6.73 Å². The summed E-state index contributed by atoms with van der Waals surface area (Å²) >= 11 is 0. The number of hydrogen-bond donors (Lipinski definition) is 1. The molecule has 0 amide bonds. The van der Waals surface area contributed by atoms with Gasteiger partial charge in [0.2, 0.25) is 0 Å². The Hall–Kier alpha value is -1.06. The smallest absolute Gasteiger partial charge is 0.124 e. The first kappa shape index (κ1) is 13.0. The van der Waals surface area contributed by atoms with E-state index in [1.807, 2.05) is 11.9 Å². The van der Waals surface area contributed by atoms with Gasteiger partial charge in [0.25, 0.3) is 0 Å². The summed E-state index contributed by atoms with van der Waals surface area (Å²) in [6, 6.07) is 4.30. The van der Waals surface area contributed by atoms with Crippen LogP contribution in [0.2, 0.25) is 0 Å². The molecular weight excluding hydrogens is 202 g/mol. The van der Waals surface area contributed by atoms with Crippen LogP contribution in [0.4, 0.5) is 0 Å². The fraction of sp³-hybridized carbons (Fsp3) is 0.538. The number of aliphatic hydroxyl groups excluding tert-OH is 1. The van der Waals surface area contributed by atoms with E-state index in [2.05, 4.69) is 26.0 Å². The molecule has 0 unspecified atom stereocenters. The number of aliphatic hydroxyl groups is 1. The Morgan fingerprint density at radius 2 is 1.81 bits per heavy atom. The predicted octanol–water partition coefficient (Wildman–Crippen LogP) is 1.74. The van der Waals surface area contributed by atoms with E-state index in [4.69, 9.17) is 9.84 Å². The molecule has 0 aliphatic rings. The van der Waals surface area contributed by atoms with Crippen LogP contribution >= 0.6 is 0 Å². The van der Waals surface area contributed by atoms with Gasteiger partial charge in [-0.1, -0.05) is 12.1 Å². The molecule has 0 heterocycles. The summed E-state index contributed by atoms with van der Waals surface area (Å²) in [5.74, 6) is 0.972. The van der Waals surface area contributed by atoms with Crippen LogP contribution in [0.15, 0.2) is 12.1 Å². The Bertz CT molecular complexity index is 327. The number of hydrogen-bond acceptors (Lipinski definition) is 3. The third kappa shape index (κ3) is 3.22. The molecule has 0 radical (unpaired) electrons. The Morgan fingerprint density at radius 3 is 2.25 bits per heavy atom. The Balaban J connectivity index is 2.76. The average molecular weight is 223 g/mol. The highest BCUT2D eigenvalue weighted by molar-refractivity contribution is 5.43. The quantitative estimate of drug-likeness (QED) is 0.772. The van der Waals surface area contributed by atoms with Crippen molar-refractivity contribution in [2.45, 2.75) is 20.3 Å². The van der Waals surface area contributed by atoms with Crippen molar-refractivity contribution in [3.05, 3.63) is 28.8 Å². The third-order valence-electron chi connectivity index (χ3n) is 2.75. The Morgan fingerprint density at radius 1 is 1.25 bits per heavy atom. The predicted molar refractivity (Wildman–Crippen MR) is 65.9 cm³/mol. The zero-order valence-corrected chi connectivity index (χ0v) is 10.6. The molecule has 0 atom stereocenters. The van der Waals surface area contributed by atoms with E-state index in [0.717, 1.165) is 18.7 Å². The minimum atomic E-state index is 0.105. The highest BCUT2D eigenvalue weighted by Crippen LogP contribution is 2.24.